The standard InChI is InChI=1S/C31H26ClF5N2O2/c32-23-14-26(31(35,36)37)29(38-15-23)25-3-1-2-21-13-22(30(40)41)8-9-24(21)28(25)20-6-4-18(5-7-20)12-19-16-39(17-19)11-10-27(33)34/h4-9,12-15,27H,1-3,10-11,16-17H2,(H,40,41). The van der Waals surface area contributed by atoms with Gasteiger partial charge in [-0.25, -0.2) is 13.6 Å². The maximum Gasteiger partial charge on any atom is 0.418 e. The van der Waals surface area contributed by atoms with Crippen LogP contribution in [0.5, 0.6) is 0 Å². The molecule has 1 aliphatic carbocycles. The van der Waals surface area contributed by atoms with Crippen molar-refractivity contribution >= 4 is 34.8 Å². The Balaban J connectivity index is 1.58. The highest BCUT2D eigenvalue weighted by Gasteiger charge is 2.36. The number of nitrogens with zero attached hydrogens (tertiary/aromatic N) is 2. The third-order valence-corrected chi connectivity index (χ3v) is 7.54. The molecule has 1 aromatic heterocycles. The lowest BCUT2D eigenvalue weighted by molar-refractivity contribution is -0.138. The summed E-state index contributed by atoms with van der Waals surface area (Å²) in [6, 6.07) is 13.0. The number of benzene rings is 2. The Morgan fingerprint density at radius 3 is 2.46 bits per heavy atom. The smallest absolute Gasteiger partial charge is 0.418 e. The van der Waals surface area contributed by atoms with Crippen LogP contribution >= 0.6 is 11.6 Å². The number of aromatic nitrogens is 1. The Labute approximate surface area is 238 Å². The van der Waals surface area contributed by atoms with Crippen LogP contribution in [0.3, 0.4) is 0 Å². The number of likely N-dealkylation sites (tertiary alicyclic amines) is 1. The predicted octanol–water partition coefficient (Wildman–Crippen LogP) is 8.10. The Morgan fingerprint density at radius 2 is 1.80 bits per heavy atom. The van der Waals surface area contributed by atoms with Crippen molar-refractivity contribution in [2.45, 2.75) is 38.3 Å². The summed E-state index contributed by atoms with van der Waals surface area (Å²) in [7, 11) is 0. The first-order chi connectivity index (χ1) is 19.5. The first-order valence-corrected chi connectivity index (χ1v) is 13.5. The number of carboxylic acid groups (broad SMARTS) is 1. The maximum atomic E-state index is 14.1. The van der Waals surface area contributed by atoms with Crippen LogP contribution in [0.1, 0.15) is 63.1 Å². The highest BCUT2D eigenvalue weighted by molar-refractivity contribution is 6.30. The van der Waals surface area contributed by atoms with Gasteiger partial charge in [-0.15, -0.1) is 0 Å². The summed E-state index contributed by atoms with van der Waals surface area (Å²) in [5, 5.41) is 9.40. The highest BCUT2D eigenvalue weighted by atomic mass is 35.5. The van der Waals surface area contributed by atoms with Crippen molar-refractivity contribution in [3.05, 3.63) is 104 Å². The van der Waals surface area contributed by atoms with Gasteiger partial charge in [-0.2, -0.15) is 13.2 Å². The zero-order valence-electron chi connectivity index (χ0n) is 21.8. The molecule has 5 rings (SSSR count). The summed E-state index contributed by atoms with van der Waals surface area (Å²) in [6.07, 6.45) is -2.69. The van der Waals surface area contributed by atoms with Gasteiger partial charge in [0.05, 0.1) is 21.8 Å². The molecule has 41 heavy (non-hydrogen) atoms. The van der Waals surface area contributed by atoms with Crippen LogP contribution < -0.4 is 0 Å². The second-order valence-corrected chi connectivity index (χ2v) is 10.7. The molecule has 1 fully saturated rings. The first-order valence-electron chi connectivity index (χ1n) is 13.1. The molecule has 2 aromatic carbocycles. The fourth-order valence-corrected chi connectivity index (χ4v) is 5.58. The number of aromatic carboxylic acids is 1. The third-order valence-electron chi connectivity index (χ3n) is 7.33. The molecular weight excluding hydrogens is 563 g/mol. The fraction of sp³-hybridized carbons (Fsp3) is 0.290. The molecule has 1 N–H and O–H groups in total. The molecule has 0 atom stereocenters. The monoisotopic (exact) mass is 588 g/mol. The van der Waals surface area contributed by atoms with Crippen molar-refractivity contribution in [3.63, 3.8) is 0 Å². The number of hydrogen-bond acceptors (Lipinski definition) is 3. The van der Waals surface area contributed by atoms with Gasteiger partial charge < -0.3 is 5.11 Å². The number of fused-ring (bicyclic) bond motifs is 1. The summed E-state index contributed by atoms with van der Waals surface area (Å²) in [5.74, 6) is -1.08. The van der Waals surface area contributed by atoms with Crippen molar-refractivity contribution in [3.8, 4) is 0 Å². The minimum atomic E-state index is -4.68. The zero-order chi connectivity index (χ0) is 29.3. The second-order valence-electron chi connectivity index (χ2n) is 10.2. The average molecular weight is 589 g/mol. The normalized spacial score (nSPS) is 15.9. The van der Waals surface area contributed by atoms with Gasteiger partial charge in [-0.3, -0.25) is 9.88 Å². The molecule has 214 valence electrons. The van der Waals surface area contributed by atoms with Crippen LogP contribution in [0.25, 0.3) is 17.2 Å². The lowest BCUT2D eigenvalue weighted by atomic mass is 9.87. The van der Waals surface area contributed by atoms with Gasteiger partial charge in [-0.1, -0.05) is 48.0 Å². The van der Waals surface area contributed by atoms with E-state index >= 15 is 0 Å². The van der Waals surface area contributed by atoms with Gasteiger partial charge in [0.25, 0.3) is 0 Å². The lowest BCUT2D eigenvalue weighted by Gasteiger charge is -2.34. The van der Waals surface area contributed by atoms with Gasteiger partial charge in [0.15, 0.2) is 0 Å². The topological polar surface area (TPSA) is 53.4 Å². The molecule has 1 aliphatic heterocycles. The largest absolute Gasteiger partial charge is 0.478 e. The highest BCUT2D eigenvalue weighted by Crippen LogP contribution is 2.44. The van der Waals surface area contributed by atoms with Crippen molar-refractivity contribution in [1.29, 1.82) is 0 Å². The number of aryl methyl sites for hydroxylation is 1. The van der Waals surface area contributed by atoms with Crippen molar-refractivity contribution in [2.75, 3.05) is 19.6 Å². The van der Waals surface area contributed by atoms with Gasteiger partial charge in [0.2, 0.25) is 6.43 Å². The molecule has 0 bridgehead atoms. The van der Waals surface area contributed by atoms with E-state index in [9.17, 15) is 31.9 Å². The Hall–Kier alpha value is -3.56. The SMILES string of the molecule is O=C(O)c1ccc2c(c1)CCCC(c1ncc(Cl)cc1C(F)(F)F)=C2c1ccc(C=C2CN(CCC(F)F)C2)cc1. The van der Waals surface area contributed by atoms with E-state index in [2.05, 4.69) is 4.98 Å². The van der Waals surface area contributed by atoms with E-state index in [0.717, 1.165) is 22.8 Å². The van der Waals surface area contributed by atoms with Crippen molar-refractivity contribution in [2.24, 2.45) is 0 Å². The molecule has 1 saturated heterocycles. The number of carbonyl (C=O) groups is 1. The van der Waals surface area contributed by atoms with Gasteiger partial charge >= 0.3 is 12.1 Å². The Morgan fingerprint density at radius 1 is 1.07 bits per heavy atom. The number of pyridine rings is 1. The predicted molar refractivity (Wildman–Crippen MR) is 148 cm³/mol. The quantitative estimate of drug-likeness (QED) is 0.283. The van der Waals surface area contributed by atoms with Crippen molar-refractivity contribution < 1.29 is 31.9 Å². The van der Waals surface area contributed by atoms with Crippen LogP contribution in [-0.4, -0.2) is 47.0 Å². The summed E-state index contributed by atoms with van der Waals surface area (Å²) in [4.78, 5) is 17.7. The molecular formula is C31H26ClF5N2O2. The van der Waals surface area contributed by atoms with E-state index < -0.39 is 24.1 Å². The molecule has 0 amide bonds. The van der Waals surface area contributed by atoms with E-state index in [-0.39, 0.29) is 22.7 Å². The maximum absolute atomic E-state index is 14.1. The Kier molecular flexibility index (Phi) is 8.29. The van der Waals surface area contributed by atoms with E-state index in [1.807, 2.05) is 35.2 Å². The summed E-state index contributed by atoms with van der Waals surface area (Å²) >= 11 is 5.92. The number of allylic oxidation sites excluding steroid dienone is 1. The zero-order valence-corrected chi connectivity index (χ0v) is 22.6. The van der Waals surface area contributed by atoms with Crippen LogP contribution in [-0.2, 0) is 12.6 Å². The van der Waals surface area contributed by atoms with E-state index in [0.29, 0.717) is 61.2 Å². The fourth-order valence-electron chi connectivity index (χ4n) is 5.42. The molecule has 2 aliphatic rings. The van der Waals surface area contributed by atoms with Crippen LogP contribution in [0.2, 0.25) is 5.02 Å². The second kappa shape index (κ2) is 11.7. The summed E-state index contributed by atoms with van der Waals surface area (Å²) < 4.78 is 67.4. The number of hydrogen-bond donors (Lipinski definition) is 1. The molecule has 3 aromatic rings. The van der Waals surface area contributed by atoms with Gasteiger partial charge in [-0.05, 0) is 76.4 Å². The van der Waals surface area contributed by atoms with Crippen LogP contribution in [0.15, 0.2) is 60.3 Å². The Bertz CT molecular complexity index is 1520. The molecule has 0 radical (unpaired) electrons. The first kappa shape index (κ1) is 29.0. The van der Waals surface area contributed by atoms with E-state index in [1.54, 1.807) is 12.1 Å². The molecule has 10 heteroatoms. The molecule has 2 heterocycles. The van der Waals surface area contributed by atoms with Crippen LogP contribution in [0, 0.1) is 0 Å². The lowest BCUT2D eigenvalue weighted by Crippen LogP contribution is -2.40. The number of rotatable bonds is 7. The minimum Gasteiger partial charge on any atom is -0.478 e. The molecule has 0 spiro atoms. The summed E-state index contributed by atoms with van der Waals surface area (Å²) in [5.41, 5.74) is 4.02. The average Bonchev–Trinajstić information content (AvgIpc) is 3.08. The van der Waals surface area contributed by atoms with Gasteiger partial charge in [0, 0.05) is 32.3 Å². The van der Waals surface area contributed by atoms with E-state index in [1.165, 1.54) is 12.3 Å². The van der Waals surface area contributed by atoms with Crippen molar-refractivity contribution in [1.82, 2.24) is 9.88 Å². The molecule has 0 saturated carbocycles. The summed E-state index contributed by atoms with van der Waals surface area (Å²) in [6.45, 7) is 1.57. The molecule has 0 unspecified atom stereocenters. The molecule has 4 nitrogen and oxygen atoms in total. The number of halogens is 6. The third kappa shape index (κ3) is 6.52. The van der Waals surface area contributed by atoms with Crippen LogP contribution in [0.4, 0.5) is 22.0 Å². The van der Waals surface area contributed by atoms with E-state index in [4.69, 9.17) is 11.6 Å². The number of carboxylic acids is 1. The minimum absolute atomic E-state index is 0.109. The number of alkyl halides is 5. The van der Waals surface area contributed by atoms with Gasteiger partial charge in [0.1, 0.15) is 0 Å².